The Morgan fingerprint density at radius 3 is 2.69 bits per heavy atom. The van der Waals surface area contributed by atoms with E-state index in [2.05, 4.69) is 6.58 Å². The minimum Gasteiger partial charge on any atom is -0.398 e. The lowest BCUT2D eigenvalue weighted by Gasteiger charge is -2.23. The first-order valence-electron chi connectivity index (χ1n) is 4.03. The van der Waals surface area contributed by atoms with Gasteiger partial charge in [0.1, 0.15) is 0 Å². The molecule has 1 unspecified atom stereocenters. The van der Waals surface area contributed by atoms with Crippen LogP contribution >= 0.6 is 0 Å². The number of carbonyl (C=O) groups is 1. The van der Waals surface area contributed by atoms with Crippen molar-refractivity contribution >= 4 is 14.3 Å². The Bertz CT molecular complexity index is 183. The molecule has 0 bridgehead atoms. The van der Waals surface area contributed by atoms with Crippen molar-refractivity contribution in [3.63, 3.8) is 0 Å². The quantitative estimate of drug-likeness (QED) is 0.484. The summed E-state index contributed by atoms with van der Waals surface area (Å²) in [6.45, 7) is 5.13. The number of aliphatic hydroxyl groups excluding tert-OH is 1. The lowest BCUT2D eigenvalue weighted by Crippen LogP contribution is -2.39. The largest absolute Gasteiger partial charge is 0.398 e. The highest BCUT2D eigenvalue weighted by Crippen LogP contribution is 2.11. The first-order chi connectivity index (χ1) is 6.08. The maximum absolute atomic E-state index is 10.8. The third kappa shape index (κ3) is 4.94. The fourth-order valence-electron chi connectivity index (χ4n) is 0.719. The summed E-state index contributed by atoms with van der Waals surface area (Å²) in [6.07, 6.45) is 1.21. The monoisotopic (exact) mass is 204 g/mol. The van der Waals surface area contributed by atoms with Crippen molar-refractivity contribution in [1.29, 1.82) is 0 Å². The van der Waals surface area contributed by atoms with Crippen LogP contribution < -0.4 is 0 Å². The molecule has 0 aliphatic carbocycles. The van der Waals surface area contributed by atoms with Gasteiger partial charge in [-0.15, -0.1) is 0 Å². The molecular formula is C8H16O4Si. The van der Waals surface area contributed by atoms with E-state index in [4.69, 9.17) is 14.0 Å². The Balaban J connectivity index is 3.96. The summed E-state index contributed by atoms with van der Waals surface area (Å²) in [5.74, 6) is -0.172. The van der Waals surface area contributed by atoms with Crippen molar-refractivity contribution in [2.45, 2.75) is 12.6 Å². The topological polar surface area (TPSA) is 55.8 Å². The number of ketones is 1. The SMILES string of the molecule is C=CC(=O)CO[Si](C)(CCO)OC. The van der Waals surface area contributed by atoms with Gasteiger partial charge in [-0.05, 0) is 12.6 Å². The average molecular weight is 204 g/mol. The average Bonchev–Trinajstić information content (AvgIpc) is 2.15. The van der Waals surface area contributed by atoms with Gasteiger partial charge in [0.2, 0.25) is 0 Å². The molecule has 4 nitrogen and oxygen atoms in total. The second-order valence-electron chi connectivity index (χ2n) is 2.77. The van der Waals surface area contributed by atoms with Gasteiger partial charge in [0.05, 0.1) is 6.61 Å². The molecule has 0 radical (unpaired) electrons. The Hall–Kier alpha value is -0.493. The third-order valence-electron chi connectivity index (χ3n) is 1.75. The molecule has 13 heavy (non-hydrogen) atoms. The molecule has 0 aromatic carbocycles. The predicted octanol–water partition coefficient (Wildman–Crippen LogP) is 0.469. The minimum absolute atomic E-state index is 0.0127. The Morgan fingerprint density at radius 1 is 1.69 bits per heavy atom. The molecule has 1 N–H and O–H groups in total. The lowest BCUT2D eigenvalue weighted by molar-refractivity contribution is -0.117. The van der Waals surface area contributed by atoms with Crippen LogP contribution in [0.25, 0.3) is 0 Å². The fraction of sp³-hybridized carbons (Fsp3) is 0.625. The third-order valence-corrected chi connectivity index (χ3v) is 4.50. The van der Waals surface area contributed by atoms with Crippen molar-refractivity contribution in [3.8, 4) is 0 Å². The highest BCUT2D eigenvalue weighted by molar-refractivity contribution is 6.66. The summed E-state index contributed by atoms with van der Waals surface area (Å²) < 4.78 is 10.5. The van der Waals surface area contributed by atoms with Crippen LogP contribution in [0.5, 0.6) is 0 Å². The molecular weight excluding hydrogens is 188 g/mol. The molecule has 0 aliphatic rings. The van der Waals surface area contributed by atoms with Gasteiger partial charge in [0.15, 0.2) is 5.78 Å². The summed E-state index contributed by atoms with van der Waals surface area (Å²) in [6, 6.07) is 0.466. The zero-order valence-electron chi connectivity index (χ0n) is 8.08. The van der Waals surface area contributed by atoms with E-state index < -0.39 is 8.56 Å². The van der Waals surface area contributed by atoms with Crippen molar-refractivity contribution < 1.29 is 18.8 Å². The van der Waals surface area contributed by atoms with E-state index in [9.17, 15) is 4.79 Å². The molecule has 0 aliphatic heterocycles. The van der Waals surface area contributed by atoms with E-state index in [-0.39, 0.29) is 19.0 Å². The molecule has 0 fully saturated rings. The van der Waals surface area contributed by atoms with E-state index >= 15 is 0 Å². The van der Waals surface area contributed by atoms with Crippen LogP contribution in [0.1, 0.15) is 0 Å². The Labute approximate surface area is 79.4 Å². The van der Waals surface area contributed by atoms with Crippen LogP contribution in [0, 0.1) is 0 Å². The highest BCUT2D eigenvalue weighted by Gasteiger charge is 2.29. The summed E-state index contributed by atoms with van der Waals surface area (Å²) in [5.41, 5.74) is 0. The van der Waals surface area contributed by atoms with Crippen molar-refractivity contribution in [2.24, 2.45) is 0 Å². The van der Waals surface area contributed by atoms with Crippen molar-refractivity contribution in [3.05, 3.63) is 12.7 Å². The van der Waals surface area contributed by atoms with Crippen LogP contribution in [0.3, 0.4) is 0 Å². The second-order valence-corrected chi connectivity index (χ2v) is 6.24. The summed E-state index contributed by atoms with van der Waals surface area (Å²) in [5, 5.41) is 8.73. The van der Waals surface area contributed by atoms with Gasteiger partial charge in [-0.25, -0.2) is 0 Å². The van der Waals surface area contributed by atoms with Gasteiger partial charge in [-0.1, -0.05) is 6.58 Å². The summed E-state index contributed by atoms with van der Waals surface area (Å²) in [7, 11) is -0.793. The van der Waals surface area contributed by atoms with Crippen LogP contribution in [-0.4, -0.2) is 39.8 Å². The summed E-state index contributed by atoms with van der Waals surface area (Å²) >= 11 is 0. The summed E-state index contributed by atoms with van der Waals surface area (Å²) in [4.78, 5) is 10.8. The molecule has 5 heteroatoms. The van der Waals surface area contributed by atoms with E-state index in [0.29, 0.717) is 6.04 Å². The fourth-order valence-corrected chi connectivity index (χ4v) is 2.04. The number of aliphatic hydroxyl groups is 1. The van der Waals surface area contributed by atoms with Crippen LogP contribution in [0.2, 0.25) is 12.6 Å². The number of carbonyl (C=O) groups excluding carboxylic acids is 1. The van der Waals surface area contributed by atoms with Gasteiger partial charge in [0, 0.05) is 19.8 Å². The van der Waals surface area contributed by atoms with Crippen LogP contribution in [0.4, 0.5) is 0 Å². The number of hydrogen-bond donors (Lipinski definition) is 1. The molecule has 76 valence electrons. The molecule has 0 spiro atoms. The molecule has 0 amide bonds. The first kappa shape index (κ1) is 12.5. The standard InChI is InChI=1S/C8H16O4Si/c1-4-8(10)7-12-13(3,11-2)6-5-9/h4,9H,1,5-7H2,2-3H3. The normalized spacial score (nSPS) is 15.0. The Morgan fingerprint density at radius 2 is 2.31 bits per heavy atom. The van der Waals surface area contributed by atoms with Crippen molar-refractivity contribution in [2.75, 3.05) is 20.3 Å². The second kappa shape index (κ2) is 6.04. The van der Waals surface area contributed by atoms with E-state index in [0.717, 1.165) is 0 Å². The van der Waals surface area contributed by atoms with E-state index in [1.807, 2.05) is 0 Å². The molecule has 0 saturated heterocycles. The minimum atomic E-state index is -2.32. The molecule has 0 aromatic heterocycles. The van der Waals surface area contributed by atoms with Crippen molar-refractivity contribution in [1.82, 2.24) is 0 Å². The van der Waals surface area contributed by atoms with Gasteiger partial charge in [-0.3, -0.25) is 4.79 Å². The first-order valence-corrected chi connectivity index (χ1v) is 6.55. The molecule has 0 rings (SSSR count). The van der Waals surface area contributed by atoms with Crippen LogP contribution in [0.15, 0.2) is 12.7 Å². The Kier molecular flexibility index (Phi) is 5.81. The zero-order valence-corrected chi connectivity index (χ0v) is 9.08. The van der Waals surface area contributed by atoms with E-state index in [1.165, 1.54) is 13.2 Å². The molecule has 0 aromatic rings. The van der Waals surface area contributed by atoms with Gasteiger partial charge < -0.3 is 14.0 Å². The zero-order chi connectivity index (χ0) is 10.3. The molecule has 0 saturated carbocycles. The van der Waals surface area contributed by atoms with Crippen LogP contribution in [-0.2, 0) is 13.6 Å². The lowest BCUT2D eigenvalue weighted by atomic mass is 10.4. The maximum atomic E-state index is 10.8. The highest BCUT2D eigenvalue weighted by atomic mass is 28.4. The smallest absolute Gasteiger partial charge is 0.337 e. The maximum Gasteiger partial charge on any atom is 0.337 e. The molecule has 0 heterocycles. The van der Waals surface area contributed by atoms with Gasteiger partial charge >= 0.3 is 8.56 Å². The van der Waals surface area contributed by atoms with E-state index in [1.54, 1.807) is 6.55 Å². The van der Waals surface area contributed by atoms with Gasteiger partial charge in [-0.2, -0.15) is 0 Å². The predicted molar refractivity (Wildman–Crippen MR) is 51.7 cm³/mol. The molecule has 1 atom stereocenters. The number of hydrogen-bond acceptors (Lipinski definition) is 4. The van der Waals surface area contributed by atoms with Gasteiger partial charge in [0.25, 0.3) is 0 Å². The number of rotatable bonds is 7.